The van der Waals surface area contributed by atoms with E-state index in [4.69, 9.17) is 23.7 Å². The summed E-state index contributed by atoms with van der Waals surface area (Å²) < 4.78 is 31.1. The molecule has 63 heavy (non-hydrogen) atoms. The summed E-state index contributed by atoms with van der Waals surface area (Å²) in [5.74, 6) is -0.0306. The zero-order valence-corrected chi connectivity index (χ0v) is 35.8. The van der Waals surface area contributed by atoms with Gasteiger partial charge in [-0.2, -0.15) is 0 Å². The van der Waals surface area contributed by atoms with E-state index in [1.807, 2.05) is 29.3 Å². The molecule has 0 radical (unpaired) electrons. The number of hydrogen-bond acceptors (Lipinski definition) is 13. The van der Waals surface area contributed by atoms with Crippen LogP contribution in [0, 0.1) is 5.92 Å². The highest BCUT2D eigenvalue weighted by Gasteiger charge is 2.44. The maximum Gasteiger partial charge on any atom is 0.262 e. The number of carbonyl (C=O) groups is 5. The highest BCUT2D eigenvalue weighted by molar-refractivity contribution is 6.23. The van der Waals surface area contributed by atoms with Crippen LogP contribution in [0.2, 0.25) is 0 Å². The van der Waals surface area contributed by atoms with E-state index in [2.05, 4.69) is 15.2 Å². The molecular weight excluding hydrogens is 813 g/mol. The van der Waals surface area contributed by atoms with Gasteiger partial charge in [0.1, 0.15) is 29.9 Å². The molecule has 2 aromatic heterocycles. The van der Waals surface area contributed by atoms with Gasteiger partial charge in [-0.15, -0.1) is 0 Å². The first-order chi connectivity index (χ1) is 30.5. The van der Waals surface area contributed by atoms with Gasteiger partial charge in [0.05, 0.1) is 62.0 Å². The Morgan fingerprint density at radius 1 is 0.841 bits per heavy atom. The molecule has 0 spiro atoms. The minimum atomic E-state index is -1.03. The standard InChI is InChI=1S/C46H52N6O11/c1-49-25-36(32-8-13-47-23-35(32)44(49)56)29-20-39(59-2)37(40(21-29)60-3)26-50-14-9-28(10-15-50)27-63-31-11-16-51(24-31)42(54)12-17-61-18-19-62-30-4-5-33-34(22-30)46(58)52(45(33)57)38-6-7-41(53)48-43(38)55/h4-5,8,13,20-23,25,28,31,38H,6-7,9-12,14-19,24,26-27H2,1-3H3,(H,48,53,55). The van der Waals surface area contributed by atoms with Crippen molar-refractivity contribution in [3.8, 4) is 28.4 Å². The van der Waals surface area contributed by atoms with Crippen molar-refractivity contribution in [1.82, 2.24) is 29.6 Å². The van der Waals surface area contributed by atoms with E-state index in [1.165, 1.54) is 12.1 Å². The highest BCUT2D eigenvalue weighted by atomic mass is 16.5. The van der Waals surface area contributed by atoms with E-state index in [0.29, 0.717) is 43.3 Å². The van der Waals surface area contributed by atoms with E-state index in [9.17, 15) is 28.8 Å². The predicted molar refractivity (Wildman–Crippen MR) is 229 cm³/mol. The maximum atomic E-state index is 13.1. The van der Waals surface area contributed by atoms with Gasteiger partial charge in [0.2, 0.25) is 17.7 Å². The molecule has 2 aromatic carbocycles. The van der Waals surface area contributed by atoms with Crippen molar-refractivity contribution < 1.29 is 47.7 Å². The minimum absolute atomic E-state index is 0.000604. The lowest BCUT2D eigenvalue weighted by Crippen LogP contribution is -2.54. The van der Waals surface area contributed by atoms with Crippen molar-refractivity contribution in [3.05, 3.63) is 82.0 Å². The largest absolute Gasteiger partial charge is 0.496 e. The Kier molecular flexibility index (Phi) is 13.2. The number of nitrogens with one attached hydrogen (secondary N) is 1. The Morgan fingerprint density at radius 3 is 2.35 bits per heavy atom. The number of ether oxygens (including phenoxy) is 5. The molecule has 5 amide bonds. The third-order valence-corrected chi connectivity index (χ3v) is 12.4. The van der Waals surface area contributed by atoms with Gasteiger partial charge in [-0.25, -0.2) is 0 Å². The van der Waals surface area contributed by atoms with Crippen LogP contribution in [0.4, 0.5) is 0 Å². The molecule has 4 aromatic rings. The summed E-state index contributed by atoms with van der Waals surface area (Å²) in [6.45, 7) is 4.94. The normalized spacial score (nSPS) is 19.5. The van der Waals surface area contributed by atoms with Gasteiger partial charge in [-0.05, 0) is 92.0 Å². The Morgan fingerprint density at radius 2 is 1.60 bits per heavy atom. The Balaban J connectivity index is 0.734. The molecule has 4 aliphatic rings. The molecule has 0 aliphatic carbocycles. The molecule has 8 rings (SSSR count). The van der Waals surface area contributed by atoms with Crippen molar-refractivity contribution in [3.63, 3.8) is 0 Å². The summed E-state index contributed by atoms with van der Waals surface area (Å²) in [5.41, 5.74) is 2.96. The molecule has 6 heterocycles. The first-order valence-electron chi connectivity index (χ1n) is 21.4. The van der Waals surface area contributed by atoms with Gasteiger partial charge < -0.3 is 33.2 Å². The lowest BCUT2D eigenvalue weighted by molar-refractivity contribution is -0.136. The Hall–Kier alpha value is -6.17. The predicted octanol–water partition coefficient (Wildman–Crippen LogP) is 3.33. The molecule has 0 bridgehead atoms. The average molecular weight is 865 g/mol. The van der Waals surface area contributed by atoms with Crippen LogP contribution in [0.3, 0.4) is 0 Å². The third-order valence-electron chi connectivity index (χ3n) is 12.4. The highest BCUT2D eigenvalue weighted by Crippen LogP contribution is 2.38. The zero-order chi connectivity index (χ0) is 44.2. The van der Waals surface area contributed by atoms with Crippen LogP contribution in [0.1, 0.15) is 64.8 Å². The number of methoxy groups -OCH3 is 2. The number of benzene rings is 2. The number of fused-ring (bicyclic) bond motifs is 2. The van der Waals surface area contributed by atoms with Crippen LogP contribution < -0.4 is 25.1 Å². The number of aromatic nitrogens is 2. The molecule has 3 fully saturated rings. The topological polar surface area (TPSA) is 188 Å². The van der Waals surface area contributed by atoms with Crippen molar-refractivity contribution in [1.29, 1.82) is 0 Å². The molecule has 2 unspecified atom stereocenters. The molecule has 17 nitrogen and oxygen atoms in total. The summed E-state index contributed by atoms with van der Waals surface area (Å²) in [4.78, 5) is 84.9. The van der Waals surface area contributed by atoms with Crippen LogP contribution in [-0.2, 0) is 37.4 Å². The van der Waals surface area contributed by atoms with Gasteiger partial charge in [0.25, 0.3) is 17.4 Å². The first-order valence-corrected chi connectivity index (χ1v) is 21.4. The number of hydrogen-bond donors (Lipinski definition) is 1. The smallest absolute Gasteiger partial charge is 0.262 e. The van der Waals surface area contributed by atoms with Gasteiger partial charge in [-0.1, -0.05) is 0 Å². The van der Waals surface area contributed by atoms with Crippen LogP contribution in [0.15, 0.2) is 59.8 Å². The monoisotopic (exact) mass is 864 g/mol. The summed E-state index contributed by atoms with van der Waals surface area (Å²) in [6.07, 6.45) is 8.26. The second kappa shape index (κ2) is 19.1. The quantitative estimate of drug-likeness (QED) is 0.128. The molecule has 4 aliphatic heterocycles. The van der Waals surface area contributed by atoms with Crippen molar-refractivity contribution in [2.45, 2.75) is 57.2 Å². The summed E-state index contributed by atoms with van der Waals surface area (Å²) >= 11 is 0. The minimum Gasteiger partial charge on any atom is -0.496 e. The number of nitrogens with zero attached hydrogens (tertiary/aromatic N) is 5. The number of piperidine rings is 2. The maximum absolute atomic E-state index is 13.1. The lowest BCUT2D eigenvalue weighted by Gasteiger charge is -2.33. The fraction of sp³-hybridized carbons (Fsp3) is 0.457. The number of amides is 5. The number of imide groups is 2. The fourth-order valence-electron chi connectivity index (χ4n) is 8.91. The van der Waals surface area contributed by atoms with Crippen molar-refractivity contribution in [2.75, 3.05) is 66.8 Å². The third kappa shape index (κ3) is 9.31. The second-order valence-corrected chi connectivity index (χ2v) is 16.4. The number of rotatable bonds is 16. The molecule has 332 valence electrons. The average Bonchev–Trinajstić information content (AvgIpc) is 3.87. The van der Waals surface area contributed by atoms with Crippen molar-refractivity contribution >= 4 is 40.3 Å². The van der Waals surface area contributed by atoms with Gasteiger partial charge in [-0.3, -0.25) is 48.9 Å². The lowest BCUT2D eigenvalue weighted by atomic mass is 9.96. The summed E-state index contributed by atoms with van der Waals surface area (Å²) in [7, 11) is 5.06. The van der Waals surface area contributed by atoms with E-state index in [1.54, 1.807) is 44.3 Å². The first kappa shape index (κ1) is 43.5. The number of carbonyl (C=O) groups excluding carboxylic acids is 5. The van der Waals surface area contributed by atoms with E-state index < -0.39 is 29.7 Å². The SMILES string of the molecule is COc1cc(-c2cn(C)c(=O)c3cnccc23)cc(OC)c1CN1CCC(COC2CCN(C(=O)CCOCCOc3ccc4c(c3)C(=O)N(C3CCC(=O)NC3=O)C4=O)C2)CC1. The van der Waals surface area contributed by atoms with Crippen molar-refractivity contribution in [2.24, 2.45) is 13.0 Å². The van der Waals surface area contributed by atoms with Gasteiger partial charge >= 0.3 is 0 Å². The molecule has 3 saturated heterocycles. The number of pyridine rings is 2. The van der Waals surface area contributed by atoms with Crippen LogP contribution >= 0.6 is 0 Å². The molecule has 1 N–H and O–H groups in total. The fourth-order valence-corrected chi connectivity index (χ4v) is 8.91. The van der Waals surface area contributed by atoms with Crippen LogP contribution in [0.5, 0.6) is 17.2 Å². The van der Waals surface area contributed by atoms with E-state index in [0.717, 1.165) is 70.8 Å². The second-order valence-electron chi connectivity index (χ2n) is 16.4. The summed E-state index contributed by atoms with van der Waals surface area (Å²) in [5, 5.41) is 3.55. The zero-order valence-electron chi connectivity index (χ0n) is 35.8. The summed E-state index contributed by atoms with van der Waals surface area (Å²) in [6, 6.07) is 9.37. The molecule has 17 heteroatoms. The molecular formula is C46H52N6O11. The Bertz CT molecular complexity index is 2460. The number of aryl methyl sites for hydroxylation is 1. The molecule has 2 atom stereocenters. The van der Waals surface area contributed by atoms with Gasteiger partial charge in [0, 0.05) is 63.9 Å². The number of likely N-dealkylation sites (tertiary alicyclic amines) is 2. The van der Waals surface area contributed by atoms with Gasteiger partial charge in [0.15, 0.2) is 0 Å². The Labute approximate surface area is 364 Å². The van der Waals surface area contributed by atoms with Crippen LogP contribution in [0.25, 0.3) is 21.9 Å². The van der Waals surface area contributed by atoms with E-state index in [-0.39, 0.29) is 67.8 Å². The van der Waals surface area contributed by atoms with E-state index >= 15 is 0 Å². The van der Waals surface area contributed by atoms with Crippen LogP contribution in [-0.4, -0.2) is 133 Å². The molecule has 0 saturated carbocycles.